The molecule has 0 N–H and O–H groups in total. The van der Waals surface area contributed by atoms with Gasteiger partial charge in [0, 0.05) is 19.0 Å². The number of hydrogen-bond donors (Lipinski definition) is 0. The van der Waals surface area contributed by atoms with E-state index in [0.717, 1.165) is 13.1 Å². The molecular formula is C12H21NO2. The average molecular weight is 211 g/mol. The van der Waals surface area contributed by atoms with E-state index in [1.807, 2.05) is 4.90 Å². The van der Waals surface area contributed by atoms with Crippen LogP contribution in [0.15, 0.2) is 0 Å². The minimum absolute atomic E-state index is 0.227. The summed E-state index contributed by atoms with van der Waals surface area (Å²) in [6, 6.07) is 0. The van der Waals surface area contributed by atoms with Gasteiger partial charge >= 0.3 is 0 Å². The van der Waals surface area contributed by atoms with Gasteiger partial charge < -0.3 is 9.64 Å². The van der Waals surface area contributed by atoms with E-state index in [9.17, 15) is 4.79 Å². The van der Waals surface area contributed by atoms with Crippen LogP contribution in [0, 0.1) is 11.8 Å². The molecule has 0 bridgehead atoms. The van der Waals surface area contributed by atoms with Crippen molar-refractivity contribution in [3.05, 3.63) is 0 Å². The van der Waals surface area contributed by atoms with E-state index >= 15 is 0 Å². The van der Waals surface area contributed by atoms with Crippen molar-refractivity contribution in [2.24, 2.45) is 11.8 Å². The van der Waals surface area contributed by atoms with E-state index in [4.69, 9.17) is 4.74 Å². The summed E-state index contributed by atoms with van der Waals surface area (Å²) < 4.78 is 5.26. The standard InChI is InChI=1S/C12H21NO2/c1-10(11-4-2-3-5-11)12(14)13-6-8-15-9-7-13/h10-11H,2-9H2,1H3/t10-/m0/s1. The second-order valence-electron chi connectivity index (χ2n) is 4.77. The fourth-order valence-electron chi connectivity index (χ4n) is 2.73. The van der Waals surface area contributed by atoms with Gasteiger partial charge in [0.1, 0.15) is 0 Å². The van der Waals surface area contributed by atoms with E-state index in [2.05, 4.69) is 6.92 Å². The zero-order valence-corrected chi connectivity index (χ0v) is 9.58. The fraction of sp³-hybridized carbons (Fsp3) is 0.917. The highest BCUT2D eigenvalue weighted by Crippen LogP contribution is 2.32. The fourth-order valence-corrected chi connectivity index (χ4v) is 2.73. The maximum atomic E-state index is 12.2. The highest BCUT2D eigenvalue weighted by molar-refractivity contribution is 5.78. The maximum absolute atomic E-state index is 12.2. The third-order valence-electron chi connectivity index (χ3n) is 3.82. The predicted octanol–water partition coefficient (Wildman–Crippen LogP) is 1.67. The molecule has 1 aliphatic heterocycles. The van der Waals surface area contributed by atoms with E-state index < -0.39 is 0 Å². The van der Waals surface area contributed by atoms with Crippen LogP contribution < -0.4 is 0 Å². The van der Waals surface area contributed by atoms with Crippen molar-refractivity contribution < 1.29 is 9.53 Å². The van der Waals surface area contributed by atoms with Crippen molar-refractivity contribution >= 4 is 5.91 Å². The smallest absolute Gasteiger partial charge is 0.225 e. The molecule has 1 amide bonds. The van der Waals surface area contributed by atoms with E-state index in [-0.39, 0.29) is 5.92 Å². The Hall–Kier alpha value is -0.570. The van der Waals surface area contributed by atoms with Crippen LogP contribution in [0.1, 0.15) is 32.6 Å². The molecule has 0 aromatic carbocycles. The zero-order chi connectivity index (χ0) is 10.7. The first kappa shape index (κ1) is 10.9. The van der Waals surface area contributed by atoms with Gasteiger partial charge in [-0.2, -0.15) is 0 Å². The summed E-state index contributed by atoms with van der Waals surface area (Å²) in [5, 5.41) is 0. The van der Waals surface area contributed by atoms with Gasteiger partial charge in [0.2, 0.25) is 5.91 Å². The topological polar surface area (TPSA) is 29.5 Å². The first-order valence-electron chi connectivity index (χ1n) is 6.15. The second-order valence-corrected chi connectivity index (χ2v) is 4.77. The van der Waals surface area contributed by atoms with Crippen LogP contribution in [-0.4, -0.2) is 37.1 Å². The molecule has 1 aliphatic carbocycles. The lowest BCUT2D eigenvalue weighted by atomic mass is 9.91. The normalized spacial score (nSPS) is 25.5. The zero-order valence-electron chi connectivity index (χ0n) is 9.58. The largest absolute Gasteiger partial charge is 0.378 e. The number of morpholine rings is 1. The van der Waals surface area contributed by atoms with Crippen LogP contribution in [0.25, 0.3) is 0 Å². The number of ether oxygens (including phenoxy) is 1. The summed E-state index contributed by atoms with van der Waals surface area (Å²) >= 11 is 0. The van der Waals surface area contributed by atoms with Gasteiger partial charge in [0.15, 0.2) is 0 Å². The molecule has 2 fully saturated rings. The summed E-state index contributed by atoms with van der Waals surface area (Å²) in [6.45, 7) is 5.10. The van der Waals surface area contributed by atoms with Gasteiger partial charge in [-0.3, -0.25) is 4.79 Å². The van der Waals surface area contributed by atoms with Crippen LogP contribution in [0.3, 0.4) is 0 Å². The molecular weight excluding hydrogens is 190 g/mol. The van der Waals surface area contributed by atoms with Crippen molar-refractivity contribution in [1.82, 2.24) is 4.90 Å². The number of amides is 1. The summed E-state index contributed by atoms with van der Waals surface area (Å²) in [4.78, 5) is 14.1. The van der Waals surface area contributed by atoms with Crippen molar-refractivity contribution in [3.63, 3.8) is 0 Å². The molecule has 0 spiro atoms. The monoisotopic (exact) mass is 211 g/mol. The lowest BCUT2D eigenvalue weighted by Crippen LogP contribution is -2.44. The van der Waals surface area contributed by atoms with Crippen LogP contribution in [0.5, 0.6) is 0 Å². The molecule has 86 valence electrons. The van der Waals surface area contributed by atoms with Crippen molar-refractivity contribution in [2.75, 3.05) is 26.3 Å². The molecule has 1 heterocycles. The maximum Gasteiger partial charge on any atom is 0.225 e. The Labute approximate surface area is 91.8 Å². The lowest BCUT2D eigenvalue weighted by Gasteiger charge is -2.31. The van der Waals surface area contributed by atoms with Crippen molar-refractivity contribution in [2.45, 2.75) is 32.6 Å². The Bertz CT molecular complexity index is 218. The Morgan fingerprint density at radius 3 is 2.47 bits per heavy atom. The van der Waals surface area contributed by atoms with Crippen LogP contribution >= 0.6 is 0 Å². The third-order valence-corrected chi connectivity index (χ3v) is 3.82. The Morgan fingerprint density at radius 2 is 1.87 bits per heavy atom. The summed E-state index contributed by atoms with van der Waals surface area (Å²) in [6.07, 6.45) is 5.12. The first-order chi connectivity index (χ1) is 7.29. The van der Waals surface area contributed by atoms with E-state index in [1.165, 1.54) is 25.7 Å². The SMILES string of the molecule is C[C@H](C(=O)N1CCOCC1)C1CCCC1. The van der Waals surface area contributed by atoms with Crippen LogP contribution in [-0.2, 0) is 9.53 Å². The van der Waals surface area contributed by atoms with Gasteiger partial charge in [-0.15, -0.1) is 0 Å². The number of carbonyl (C=O) groups is 1. The molecule has 1 saturated heterocycles. The number of rotatable bonds is 2. The number of nitrogens with zero attached hydrogens (tertiary/aromatic N) is 1. The highest BCUT2D eigenvalue weighted by Gasteiger charge is 2.30. The second kappa shape index (κ2) is 4.97. The molecule has 0 aromatic rings. The molecule has 3 heteroatoms. The molecule has 0 unspecified atom stereocenters. The minimum Gasteiger partial charge on any atom is -0.378 e. The molecule has 0 radical (unpaired) electrons. The van der Waals surface area contributed by atoms with Gasteiger partial charge in [-0.25, -0.2) is 0 Å². The summed E-state index contributed by atoms with van der Waals surface area (Å²) in [5.74, 6) is 1.22. The van der Waals surface area contributed by atoms with Crippen LogP contribution in [0.2, 0.25) is 0 Å². The minimum atomic E-state index is 0.227. The van der Waals surface area contributed by atoms with Gasteiger partial charge in [-0.05, 0) is 18.8 Å². The van der Waals surface area contributed by atoms with Gasteiger partial charge in [0.25, 0.3) is 0 Å². The Morgan fingerprint density at radius 1 is 1.27 bits per heavy atom. The molecule has 3 nitrogen and oxygen atoms in total. The Kier molecular flexibility index (Phi) is 3.62. The average Bonchev–Trinajstić information content (AvgIpc) is 2.82. The number of hydrogen-bond acceptors (Lipinski definition) is 2. The molecule has 2 aliphatic rings. The van der Waals surface area contributed by atoms with Crippen LogP contribution in [0.4, 0.5) is 0 Å². The molecule has 15 heavy (non-hydrogen) atoms. The summed E-state index contributed by atoms with van der Waals surface area (Å²) in [7, 11) is 0. The number of carbonyl (C=O) groups excluding carboxylic acids is 1. The molecule has 1 saturated carbocycles. The van der Waals surface area contributed by atoms with Gasteiger partial charge in [-0.1, -0.05) is 19.8 Å². The van der Waals surface area contributed by atoms with Crippen molar-refractivity contribution in [3.8, 4) is 0 Å². The third kappa shape index (κ3) is 2.51. The predicted molar refractivity (Wildman–Crippen MR) is 58.5 cm³/mol. The summed E-state index contributed by atoms with van der Waals surface area (Å²) in [5.41, 5.74) is 0. The molecule has 1 atom stereocenters. The molecule has 2 rings (SSSR count). The lowest BCUT2D eigenvalue weighted by molar-refractivity contribution is -0.140. The quantitative estimate of drug-likeness (QED) is 0.695. The van der Waals surface area contributed by atoms with E-state index in [0.29, 0.717) is 25.0 Å². The first-order valence-corrected chi connectivity index (χ1v) is 6.15. The highest BCUT2D eigenvalue weighted by atomic mass is 16.5. The molecule has 0 aromatic heterocycles. The van der Waals surface area contributed by atoms with Gasteiger partial charge in [0.05, 0.1) is 13.2 Å². The van der Waals surface area contributed by atoms with Crippen molar-refractivity contribution in [1.29, 1.82) is 0 Å². The van der Waals surface area contributed by atoms with E-state index in [1.54, 1.807) is 0 Å². The Balaban J connectivity index is 1.87.